The van der Waals surface area contributed by atoms with Gasteiger partial charge in [-0.15, -0.1) is 0 Å². The number of aromatic amines is 1. The number of nitrogens with one attached hydrogen (secondary N) is 1. The Bertz CT molecular complexity index is 1090. The van der Waals surface area contributed by atoms with E-state index in [2.05, 4.69) is 35.1 Å². The molecular weight excluding hydrogens is 356 g/mol. The van der Waals surface area contributed by atoms with Gasteiger partial charge in [0.25, 0.3) is 0 Å². The summed E-state index contributed by atoms with van der Waals surface area (Å²) in [5, 5.41) is 12.7. The molecule has 4 heterocycles. The van der Waals surface area contributed by atoms with Gasteiger partial charge in [0.2, 0.25) is 0 Å². The number of benzene rings is 1. The Morgan fingerprint density at radius 1 is 1.21 bits per heavy atom. The number of nitrogens with zero attached hydrogens (tertiary/aromatic N) is 7. The maximum atomic E-state index is 5.91. The summed E-state index contributed by atoms with van der Waals surface area (Å²) in [5.74, 6) is 2.41. The average molecular weight is 376 g/mol. The zero-order chi connectivity index (χ0) is 18.9. The molecule has 5 rings (SSSR count). The lowest BCUT2D eigenvalue weighted by molar-refractivity contribution is 0.0340. The number of H-pyrrole nitrogens is 1. The molecular formula is C19H20N8O. The summed E-state index contributed by atoms with van der Waals surface area (Å²) in [7, 11) is 0. The molecule has 1 aliphatic rings. The third kappa shape index (κ3) is 2.89. The van der Waals surface area contributed by atoms with Crippen molar-refractivity contribution in [2.24, 2.45) is 0 Å². The number of hydrogen-bond donors (Lipinski definition) is 1. The molecule has 0 saturated carbocycles. The molecule has 142 valence electrons. The van der Waals surface area contributed by atoms with Crippen molar-refractivity contribution in [3.63, 3.8) is 0 Å². The minimum atomic E-state index is -0.195. The first kappa shape index (κ1) is 16.8. The summed E-state index contributed by atoms with van der Waals surface area (Å²) in [4.78, 5) is 15.7. The van der Waals surface area contributed by atoms with Crippen molar-refractivity contribution in [1.29, 1.82) is 0 Å². The van der Waals surface area contributed by atoms with E-state index in [9.17, 15) is 0 Å². The van der Waals surface area contributed by atoms with Gasteiger partial charge in [0.05, 0.1) is 30.4 Å². The standard InChI is InChI=1S/C19H20N8O/c1-2-16-23-17(25-24-16)15-11-26(8-9-28-15)18-14-10-22-27(19(14)21-12-20-18)13-6-4-3-5-7-13/h3-7,10,12,15H,2,8-9,11H2,1H3,(H,23,24,25). The van der Waals surface area contributed by atoms with Gasteiger partial charge in [0.15, 0.2) is 11.5 Å². The van der Waals surface area contributed by atoms with E-state index in [1.807, 2.05) is 48.1 Å². The number of aromatic nitrogens is 7. The van der Waals surface area contributed by atoms with Gasteiger partial charge in [-0.05, 0) is 12.1 Å². The van der Waals surface area contributed by atoms with E-state index in [4.69, 9.17) is 4.74 Å². The minimum absolute atomic E-state index is 0.195. The van der Waals surface area contributed by atoms with Gasteiger partial charge < -0.3 is 9.64 Å². The summed E-state index contributed by atoms with van der Waals surface area (Å²) < 4.78 is 7.74. The quantitative estimate of drug-likeness (QED) is 0.582. The number of rotatable bonds is 4. The Balaban J connectivity index is 1.48. The lowest BCUT2D eigenvalue weighted by atomic mass is 10.2. The zero-order valence-electron chi connectivity index (χ0n) is 15.5. The van der Waals surface area contributed by atoms with Crippen molar-refractivity contribution in [3.05, 3.63) is 54.5 Å². The lowest BCUT2D eigenvalue weighted by Gasteiger charge is -2.32. The molecule has 1 aromatic carbocycles. The third-order valence-electron chi connectivity index (χ3n) is 4.88. The van der Waals surface area contributed by atoms with Crippen LogP contribution in [-0.4, -0.2) is 54.6 Å². The fourth-order valence-electron chi connectivity index (χ4n) is 3.45. The summed E-state index contributed by atoms with van der Waals surface area (Å²) in [6.07, 6.45) is 4.03. The second-order valence-corrected chi connectivity index (χ2v) is 6.63. The second kappa shape index (κ2) is 7.01. The number of anilines is 1. The summed E-state index contributed by atoms with van der Waals surface area (Å²) in [6.45, 7) is 3.99. The Labute approximate surface area is 161 Å². The molecule has 28 heavy (non-hydrogen) atoms. The van der Waals surface area contributed by atoms with E-state index in [1.54, 1.807) is 6.33 Å². The van der Waals surface area contributed by atoms with Crippen LogP contribution in [0.1, 0.15) is 24.7 Å². The predicted octanol–water partition coefficient (Wildman–Crippen LogP) is 2.07. The smallest absolute Gasteiger partial charge is 0.181 e. The fourth-order valence-corrected chi connectivity index (χ4v) is 3.45. The maximum absolute atomic E-state index is 5.91. The van der Waals surface area contributed by atoms with Gasteiger partial charge in [0.1, 0.15) is 24.1 Å². The Morgan fingerprint density at radius 3 is 2.93 bits per heavy atom. The Morgan fingerprint density at radius 2 is 2.11 bits per heavy atom. The van der Waals surface area contributed by atoms with E-state index < -0.39 is 0 Å². The predicted molar refractivity (Wildman–Crippen MR) is 103 cm³/mol. The van der Waals surface area contributed by atoms with Crippen LogP contribution >= 0.6 is 0 Å². The number of para-hydroxylation sites is 1. The highest BCUT2D eigenvalue weighted by atomic mass is 16.5. The SMILES string of the molecule is CCc1nc(C2CN(c3ncnc4c3cnn4-c3ccccc3)CCO2)n[nH]1. The first-order valence-corrected chi connectivity index (χ1v) is 9.35. The van der Waals surface area contributed by atoms with Crippen LogP contribution in [0.2, 0.25) is 0 Å². The summed E-state index contributed by atoms with van der Waals surface area (Å²) in [5.41, 5.74) is 1.75. The minimum Gasteiger partial charge on any atom is -0.366 e. The number of aryl methyl sites for hydroxylation is 1. The van der Waals surface area contributed by atoms with E-state index in [1.165, 1.54) is 0 Å². The molecule has 0 amide bonds. The van der Waals surface area contributed by atoms with Gasteiger partial charge >= 0.3 is 0 Å². The summed E-state index contributed by atoms with van der Waals surface area (Å²) >= 11 is 0. The monoisotopic (exact) mass is 376 g/mol. The fraction of sp³-hybridized carbons (Fsp3) is 0.316. The van der Waals surface area contributed by atoms with Crippen LogP contribution in [0.3, 0.4) is 0 Å². The highest BCUT2D eigenvalue weighted by Gasteiger charge is 2.27. The number of hydrogen-bond acceptors (Lipinski definition) is 7. The molecule has 9 heteroatoms. The van der Waals surface area contributed by atoms with Crippen molar-refractivity contribution in [1.82, 2.24) is 34.9 Å². The molecule has 1 unspecified atom stereocenters. The van der Waals surface area contributed by atoms with Gasteiger partial charge in [0, 0.05) is 13.0 Å². The van der Waals surface area contributed by atoms with Crippen molar-refractivity contribution in [2.45, 2.75) is 19.4 Å². The van der Waals surface area contributed by atoms with Crippen LogP contribution in [-0.2, 0) is 11.2 Å². The average Bonchev–Trinajstić information content (AvgIpc) is 3.41. The summed E-state index contributed by atoms with van der Waals surface area (Å²) in [6, 6.07) is 9.97. The van der Waals surface area contributed by atoms with Gasteiger partial charge in [-0.25, -0.2) is 19.6 Å². The van der Waals surface area contributed by atoms with Crippen LogP contribution in [0.25, 0.3) is 16.7 Å². The molecule has 0 spiro atoms. The molecule has 4 aromatic rings. The van der Waals surface area contributed by atoms with Gasteiger partial charge in [-0.1, -0.05) is 25.1 Å². The van der Waals surface area contributed by atoms with E-state index in [0.717, 1.165) is 41.3 Å². The molecule has 0 bridgehead atoms. The molecule has 1 aliphatic heterocycles. The Kier molecular flexibility index (Phi) is 4.21. The van der Waals surface area contributed by atoms with Crippen LogP contribution in [0.4, 0.5) is 5.82 Å². The van der Waals surface area contributed by atoms with Gasteiger partial charge in [-0.2, -0.15) is 10.2 Å². The molecule has 0 radical (unpaired) electrons. The molecule has 1 saturated heterocycles. The van der Waals surface area contributed by atoms with Crippen molar-refractivity contribution in [3.8, 4) is 5.69 Å². The highest BCUT2D eigenvalue weighted by molar-refractivity contribution is 5.87. The van der Waals surface area contributed by atoms with Crippen LogP contribution in [0.5, 0.6) is 0 Å². The van der Waals surface area contributed by atoms with Crippen LogP contribution < -0.4 is 4.90 Å². The van der Waals surface area contributed by atoms with Crippen LogP contribution in [0.15, 0.2) is 42.9 Å². The van der Waals surface area contributed by atoms with E-state index >= 15 is 0 Å². The number of ether oxygens (including phenoxy) is 1. The van der Waals surface area contributed by atoms with E-state index in [0.29, 0.717) is 19.0 Å². The molecule has 9 nitrogen and oxygen atoms in total. The largest absolute Gasteiger partial charge is 0.366 e. The number of morpholine rings is 1. The first-order chi connectivity index (χ1) is 13.8. The maximum Gasteiger partial charge on any atom is 0.181 e. The molecule has 3 aromatic heterocycles. The van der Waals surface area contributed by atoms with Crippen LogP contribution in [0, 0.1) is 0 Å². The third-order valence-corrected chi connectivity index (χ3v) is 4.88. The molecule has 1 atom stereocenters. The zero-order valence-corrected chi connectivity index (χ0v) is 15.5. The second-order valence-electron chi connectivity index (χ2n) is 6.63. The number of fused-ring (bicyclic) bond motifs is 1. The lowest BCUT2D eigenvalue weighted by Crippen LogP contribution is -2.39. The van der Waals surface area contributed by atoms with Gasteiger partial charge in [-0.3, -0.25) is 5.10 Å². The van der Waals surface area contributed by atoms with Crippen molar-refractivity contribution < 1.29 is 4.74 Å². The Hall–Kier alpha value is -3.33. The highest BCUT2D eigenvalue weighted by Crippen LogP contribution is 2.28. The van der Waals surface area contributed by atoms with E-state index in [-0.39, 0.29) is 6.10 Å². The topological polar surface area (TPSA) is 97.6 Å². The van der Waals surface area contributed by atoms with Crippen molar-refractivity contribution >= 4 is 16.9 Å². The first-order valence-electron chi connectivity index (χ1n) is 9.35. The normalized spacial score (nSPS) is 17.3. The molecule has 1 fully saturated rings. The van der Waals surface area contributed by atoms with Crippen molar-refractivity contribution in [2.75, 3.05) is 24.6 Å². The molecule has 0 aliphatic carbocycles. The molecule has 1 N–H and O–H groups in total.